The average molecular weight is 384 g/mol. The summed E-state index contributed by atoms with van der Waals surface area (Å²) < 4.78 is 11.3. The van der Waals surface area contributed by atoms with Crippen molar-refractivity contribution in [2.75, 3.05) is 5.75 Å². The molecule has 4 rings (SSSR count). The maximum atomic E-state index is 12.0. The Morgan fingerprint density at radius 2 is 2.07 bits per heavy atom. The molecule has 1 aliphatic carbocycles. The fourth-order valence-electron chi connectivity index (χ4n) is 3.15. The van der Waals surface area contributed by atoms with Crippen LogP contribution >= 0.6 is 11.8 Å². The topological polar surface area (TPSA) is 90.1 Å². The molecule has 1 aliphatic rings. The lowest BCUT2D eigenvalue weighted by Gasteiger charge is -2.10. The molecule has 1 fully saturated rings. The number of benzene rings is 1. The number of fused-ring (bicyclic) bond motifs is 1. The standard InChI is InChI=1S/C19H20N4O3S/c24-16(21-14-7-1-2-8-14)12-27-19-23-22-17(26-19)11-25-15-9-3-5-13-6-4-10-20-18(13)15/h3-6,9-10,14H,1-2,7-8,11-12H2,(H,21,24). The second-order valence-corrected chi connectivity index (χ2v) is 7.35. The van der Waals surface area contributed by atoms with Crippen LogP contribution in [0, 0.1) is 0 Å². The van der Waals surface area contributed by atoms with E-state index in [1.165, 1.54) is 24.6 Å². The van der Waals surface area contributed by atoms with Crippen molar-refractivity contribution in [2.45, 2.75) is 43.6 Å². The number of thioether (sulfide) groups is 1. The number of pyridine rings is 1. The molecule has 0 unspecified atom stereocenters. The van der Waals surface area contributed by atoms with E-state index >= 15 is 0 Å². The Balaban J connectivity index is 1.29. The highest BCUT2D eigenvalue weighted by Gasteiger charge is 2.18. The predicted molar refractivity (Wildman–Crippen MR) is 101 cm³/mol. The van der Waals surface area contributed by atoms with Gasteiger partial charge >= 0.3 is 0 Å². The molecule has 27 heavy (non-hydrogen) atoms. The van der Waals surface area contributed by atoms with E-state index in [4.69, 9.17) is 9.15 Å². The number of para-hydroxylation sites is 1. The summed E-state index contributed by atoms with van der Waals surface area (Å²) in [7, 11) is 0. The van der Waals surface area contributed by atoms with Crippen LogP contribution in [0.4, 0.5) is 0 Å². The summed E-state index contributed by atoms with van der Waals surface area (Å²) in [5, 5.41) is 12.4. The van der Waals surface area contributed by atoms with Crippen molar-refractivity contribution < 1.29 is 13.9 Å². The van der Waals surface area contributed by atoms with Crippen LogP contribution in [-0.4, -0.2) is 32.9 Å². The van der Waals surface area contributed by atoms with Gasteiger partial charge in [-0.1, -0.05) is 42.8 Å². The second kappa shape index (κ2) is 8.39. The van der Waals surface area contributed by atoms with E-state index in [0.29, 0.717) is 22.9 Å². The summed E-state index contributed by atoms with van der Waals surface area (Å²) in [6.07, 6.45) is 6.25. The lowest BCUT2D eigenvalue weighted by atomic mass is 10.2. The summed E-state index contributed by atoms with van der Waals surface area (Å²) in [4.78, 5) is 16.3. The molecule has 2 heterocycles. The zero-order valence-corrected chi connectivity index (χ0v) is 15.6. The minimum Gasteiger partial charge on any atom is -0.482 e. The number of rotatable bonds is 7. The van der Waals surface area contributed by atoms with Gasteiger partial charge in [0.05, 0.1) is 5.75 Å². The third-order valence-corrected chi connectivity index (χ3v) is 5.26. The van der Waals surface area contributed by atoms with Crippen molar-refractivity contribution in [3.63, 3.8) is 0 Å². The molecule has 0 saturated heterocycles. The number of nitrogens with zero attached hydrogens (tertiary/aromatic N) is 3. The fourth-order valence-corrected chi connectivity index (χ4v) is 3.75. The third-order valence-electron chi connectivity index (χ3n) is 4.44. The molecule has 0 aliphatic heterocycles. The molecule has 0 bridgehead atoms. The molecule has 7 nitrogen and oxygen atoms in total. The van der Waals surface area contributed by atoms with E-state index in [-0.39, 0.29) is 18.3 Å². The van der Waals surface area contributed by atoms with Gasteiger partial charge in [-0.05, 0) is 25.0 Å². The molecule has 1 amide bonds. The molecule has 0 spiro atoms. The van der Waals surface area contributed by atoms with Gasteiger partial charge in [0.25, 0.3) is 11.1 Å². The molecule has 140 valence electrons. The molecule has 1 aromatic carbocycles. The Bertz CT molecular complexity index is 919. The normalized spacial score (nSPS) is 14.5. The lowest BCUT2D eigenvalue weighted by molar-refractivity contribution is -0.119. The van der Waals surface area contributed by atoms with Crippen LogP contribution in [-0.2, 0) is 11.4 Å². The Kier molecular flexibility index (Phi) is 5.53. The first kappa shape index (κ1) is 17.8. The Morgan fingerprint density at radius 3 is 2.96 bits per heavy atom. The van der Waals surface area contributed by atoms with Gasteiger partial charge in [-0.15, -0.1) is 10.2 Å². The first-order valence-corrected chi connectivity index (χ1v) is 9.97. The Labute approximate surface area is 160 Å². The van der Waals surface area contributed by atoms with Crippen LogP contribution in [0.25, 0.3) is 10.9 Å². The van der Waals surface area contributed by atoms with Crippen LogP contribution in [0.2, 0.25) is 0 Å². The van der Waals surface area contributed by atoms with Crippen LogP contribution in [0.3, 0.4) is 0 Å². The monoisotopic (exact) mass is 384 g/mol. The van der Waals surface area contributed by atoms with E-state index in [0.717, 1.165) is 23.7 Å². The maximum absolute atomic E-state index is 12.0. The zero-order chi connectivity index (χ0) is 18.5. The number of amides is 1. The molecule has 0 atom stereocenters. The van der Waals surface area contributed by atoms with Gasteiger partial charge in [-0.3, -0.25) is 9.78 Å². The molecule has 2 aromatic heterocycles. The number of ether oxygens (including phenoxy) is 1. The molecule has 3 aromatic rings. The molecule has 8 heteroatoms. The van der Waals surface area contributed by atoms with Crippen molar-refractivity contribution in [3.05, 3.63) is 42.4 Å². The summed E-state index contributed by atoms with van der Waals surface area (Å²) in [6.45, 7) is 0.150. The van der Waals surface area contributed by atoms with Crippen molar-refractivity contribution in [3.8, 4) is 5.75 Å². The minimum atomic E-state index is 0.00438. The quantitative estimate of drug-likeness (QED) is 0.625. The Hall–Kier alpha value is -2.61. The highest BCUT2D eigenvalue weighted by atomic mass is 32.2. The lowest BCUT2D eigenvalue weighted by Crippen LogP contribution is -2.33. The van der Waals surface area contributed by atoms with Gasteiger partial charge < -0.3 is 14.5 Å². The fraction of sp³-hybridized carbons (Fsp3) is 0.368. The van der Waals surface area contributed by atoms with Gasteiger partial charge in [-0.25, -0.2) is 0 Å². The number of nitrogens with one attached hydrogen (secondary N) is 1. The minimum absolute atomic E-state index is 0.00438. The van der Waals surface area contributed by atoms with E-state index in [1.54, 1.807) is 6.20 Å². The van der Waals surface area contributed by atoms with Gasteiger partial charge in [0.15, 0.2) is 6.61 Å². The van der Waals surface area contributed by atoms with Gasteiger partial charge in [-0.2, -0.15) is 0 Å². The molecule has 1 saturated carbocycles. The van der Waals surface area contributed by atoms with Gasteiger partial charge in [0, 0.05) is 17.6 Å². The summed E-state index contributed by atoms with van der Waals surface area (Å²) in [5.41, 5.74) is 0.790. The SMILES string of the molecule is O=C(CSc1nnc(COc2cccc3cccnc23)o1)NC1CCCC1. The van der Waals surface area contributed by atoms with Crippen molar-refractivity contribution in [2.24, 2.45) is 0 Å². The molecule has 0 radical (unpaired) electrons. The van der Waals surface area contributed by atoms with Gasteiger partial charge in [0.1, 0.15) is 11.3 Å². The number of carbonyl (C=O) groups is 1. The van der Waals surface area contributed by atoms with Crippen LogP contribution in [0.1, 0.15) is 31.6 Å². The smallest absolute Gasteiger partial charge is 0.277 e. The largest absolute Gasteiger partial charge is 0.482 e. The number of hydrogen-bond donors (Lipinski definition) is 1. The molecular weight excluding hydrogens is 364 g/mol. The zero-order valence-electron chi connectivity index (χ0n) is 14.8. The van der Waals surface area contributed by atoms with Crippen molar-refractivity contribution in [1.82, 2.24) is 20.5 Å². The first-order valence-electron chi connectivity index (χ1n) is 8.99. The number of aromatic nitrogens is 3. The van der Waals surface area contributed by atoms with Crippen LogP contribution in [0.5, 0.6) is 5.75 Å². The number of carbonyl (C=O) groups excluding carboxylic acids is 1. The first-order chi connectivity index (χ1) is 13.3. The molecule has 1 N–H and O–H groups in total. The van der Waals surface area contributed by atoms with E-state index < -0.39 is 0 Å². The van der Waals surface area contributed by atoms with Gasteiger partial charge in [0.2, 0.25) is 5.91 Å². The highest BCUT2D eigenvalue weighted by Crippen LogP contribution is 2.24. The summed E-state index contributed by atoms with van der Waals surface area (Å²) in [5.74, 6) is 1.30. The second-order valence-electron chi connectivity index (χ2n) is 6.42. The maximum Gasteiger partial charge on any atom is 0.277 e. The molecular formula is C19H20N4O3S. The van der Waals surface area contributed by atoms with Crippen molar-refractivity contribution >= 4 is 28.6 Å². The third kappa shape index (κ3) is 4.57. The van der Waals surface area contributed by atoms with E-state index in [1.807, 2.05) is 30.3 Å². The van der Waals surface area contributed by atoms with E-state index in [9.17, 15) is 4.79 Å². The summed E-state index contributed by atoms with van der Waals surface area (Å²) >= 11 is 1.24. The average Bonchev–Trinajstić information content (AvgIpc) is 3.36. The highest BCUT2D eigenvalue weighted by molar-refractivity contribution is 7.99. The number of hydrogen-bond acceptors (Lipinski definition) is 7. The van der Waals surface area contributed by atoms with Crippen molar-refractivity contribution in [1.29, 1.82) is 0 Å². The van der Waals surface area contributed by atoms with Crippen LogP contribution < -0.4 is 10.1 Å². The van der Waals surface area contributed by atoms with E-state index in [2.05, 4.69) is 20.5 Å². The Morgan fingerprint density at radius 1 is 1.22 bits per heavy atom. The predicted octanol–water partition coefficient (Wildman–Crippen LogP) is 3.35. The summed E-state index contributed by atoms with van der Waals surface area (Å²) in [6, 6.07) is 9.93. The van der Waals surface area contributed by atoms with Crippen LogP contribution in [0.15, 0.2) is 46.2 Å².